The molecule has 3 heteroatoms. The van der Waals surface area contributed by atoms with E-state index in [1.54, 1.807) is 0 Å². The summed E-state index contributed by atoms with van der Waals surface area (Å²) in [5.41, 5.74) is 3.17. The van der Waals surface area contributed by atoms with Crippen molar-refractivity contribution >= 4 is 11.0 Å². The molecule has 0 saturated carbocycles. The molecule has 1 heterocycles. The molecule has 0 bridgehead atoms. The van der Waals surface area contributed by atoms with E-state index in [1.165, 1.54) is 25.7 Å². The van der Waals surface area contributed by atoms with Crippen molar-refractivity contribution in [2.45, 2.75) is 71.6 Å². The van der Waals surface area contributed by atoms with Crippen LogP contribution in [-0.2, 0) is 19.3 Å². The van der Waals surface area contributed by atoms with Crippen LogP contribution < -0.4 is 5.63 Å². The molecule has 3 nitrogen and oxygen atoms in total. The number of aryl methyl sites for hydroxylation is 1. The van der Waals surface area contributed by atoms with Crippen LogP contribution in [0.4, 0.5) is 0 Å². The number of hydrogen-bond donors (Lipinski definition) is 1. The number of phenols is 1. The maximum absolute atomic E-state index is 12.3. The molecule has 0 spiro atoms. The summed E-state index contributed by atoms with van der Waals surface area (Å²) < 4.78 is 5.55. The van der Waals surface area contributed by atoms with Gasteiger partial charge in [-0.05, 0) is 61.3 Å². The lowest BCUT2D eigenvalue weighted by Gasteiger charge is -2.22. The van der Waals surface area contributed by atoms with Crippen LogP contribution in [0, 0.1) is 5.92 Å². The van der Waals surface area contributed by atoms with E-state index >= 15 is 0 Å². The zero-order chi connectivity index (χ0) is 17.1. The SMILES string of the molecule is CCCCCCCc1cc(O)c2c3c(c(=O)oc2c1)CC[C@@H](C)C3. The predicted molar refractivity (Wildman–Crippen MR) is 97.8 cm³/mol. The summed E-state index contributed by atoms with van der Waals surface area (Å²) in [6, 6.07) is 3.82. The van der Waals surface area contributed by atoms with E-state index in [4.69, 9.17) is 4.42 Å². The lowest BCUT2D eigenvalue weighted by atomic mass is 9.84. The Hall–Kier alpha value is -1.77. The Morgan fingerprint density at radius 3 is 2.75 bits per heavy atom. The average Bonchev–Trinajstić information content (AvgIpc) is 2.54. The van der Waals surface area contributed by atoms with E-state index in [0.29, 0.717) is 11.5 Å². The van der Waals surface area contributed by atoms with Crippen LogP contribution in [0.1, 0.15) is 69.1 Å². The monoisotopic (exact) mass is 328 g/mol. The van der Waals surface area contributed by atoms with E-state index in [1.807, 2.05) is 12.1 Å². The molecule has 1 aromatic carbocycles. The number of fused-ring (bicyclic) bond motifs is 3. The van der Waals surface area contributed by atoms with Crippen LogP contribution in [0.15, 0.2) is 21.3 Å². The molecule has 1 atom stereocenters. The predicted octanol–water partition coefficient (Wildman–Crippen LogP) is 5.14. The normalized spacial score (nSPS) is 17.2. The van der Waals surface area contributed by atoms with E-state index in [-0.39, 0.29) is 11.4 Å². The van der Waals surface area contributed by atoms with Crippen molar-refractivity contribution in [2.75, 3.05) is 0 Å². The Morgan fingerprint density at radius 1 is 1.17 bits per heavy atom. The summed E-state index contributed by atoms with van der Waals surface area (Å²) in [4.78, 5) is 12.3. The van der Waals surface area contributed by atoms with Crippen LogP contribution in [0.5, 0.6) is 5.75 Å². The molecule has 0 fully saturated rings. The van der Waals surface area contributed by atoms with Crippen molar-refractivity contribution < 1.29 is 9.52 Å². The number of benzene rings is 1. The van der Waals surface area contributed by atoms with Crippen molar-refractivity contribution in [1.29, 1.82) is 0 Å². The smallest absolute Gasteiger partial charge is 0.339 e. The van der Waals surface area contributed by atoms with Gasteiger partial charge in [-0.25, -0.2) is 4.79 Å². The molecule has 1 aliphatic carbocycles. The van der Waals surface area contributed by atoms with E-state index in [9.17, 15) is 9.90 Å². The van der Waals surface area contributed by atoms with Crippen molar-refractivity contribution in [3.05, 3.63) is 39.2 Å². The lowest BCUT2D eigenvalue weighted by Crippen LogP contribution is -2.20. The van der Waals surface area contributed by atoms with Gasteiger partial charge < -0.3 is 9.52 Å². The third kappa shape index (κ3) is 3.50. The highest BCUT2D eigenvalue weighted by molar-refractivity contribution is 5.88. The molecule has 1 aliphatic rings. The van der Waals surface area contributed by atoms with Crippen LogP contribution in [0.3, 0.4) is 0 Å². The minimum Gasteiger partial charge on any atom is -0.507 e. The zero-order valence-corrected chi connectivity index (χ0v) is 14.9. The van der Waals surface area contributed by atoms with Gasteiger partial charge in [-0.15, -0.1) is 0 Å². The second-order valence-electron chi connectivity index (χ2n) is 7.35. The average molecular weight is 328 g/mol. The van der Waals surface area contributed by atoms with Gasteiger partial charge in [0, 0.05) is 5.56 Å². The fraction of sp³-hybridized carbons (Fsp3) is 0.571. The van der Waals surface area contributed by atoms with Gasteiger partial charge in [-0.2, -0.15) is 0 Å². The Labute approximate surface area is 143 Å². The fourth-order valence-electron chi connectivity index (χ4n) is 3.87. The number of rotatable bonds is 6. The molecule has 2 aromatic rings. The van der Waals surface area contributed by atoms with Gasteiger partial charge in [0.1, 0.15) is 11.3 Å². The quantitative estimate of drug-likeness (QED) is 0.590. The van der Waals surface area contributed by atoms with E-state index < -0.39 is 0 Å². The van der Waals surface area contributed by atoms with Gasteiger partial charge in [-0.3, -0.25) is 0 Å². The Kier molecular flexibility index (Phi) is 5.27. The summed E-state index contributed by atoms with van der Waals surface area (Å²) >= 11 is 0. The standard InChI is InChI=1S/C21H28O3/c1-3-4-5-6-7-8-15-12-18(22)20-17-11-14(2)9-10-16(17)21(23)24-19(20)13-15/h12-14,22H,3-11H2,1-2H3/t14-/m1/s1. The molecule has 0 unspecified atom stereocenters. The second kappa shape index (κ2) is 7.42. The number of unbranched alkanes of at least 4 members (excludes halogenated alkanes) is 4. The number of hydrogen-bond acceptors (Lipinski definition) is 3. The highest BCUT2D eigenvalue weighted by Crippen LogP contribution is 2.35. The van der Waals surface area contributed by atoms with Crippen molar-refractivity contribution in [2.24, 2.45) is 5.92 Å². The Balaban J connectivity index is 1.90. The fourth-order valence-corrected chi connectivity index (χ4v) is 3.87. The molecule has 0 radical (unpaired) electrons. The summed E-state index contributed by atoms with van der Waals surface area (Å²) in [5, 5.41) is 11.3. The van der Waals surface area contributed by atoms with E-state index in [2.05, 4.69) is 13.8 Å². The topological polar surface area (TPSA) is 50.4 Å². The second-order valence-corrected chi connectivity index (χ2v) is 7.35. The number of phenolic OH excluding ortho intramolecular Hbond substituents is 1. The molecule has 0 saturated heterocycles. The molecule has 0 amide bonds. The van der Waals surface area contributed by atoms with Crippen molar-refractivity contribution in [3.63, 3.8) is 0 Å². The summed E-state index contributed by atoms with van der Waals surface area (Å²) in [6.45, 7) is 4.41. The minimum absolute atomic E-state index is 0.219. The van der Waals surface area contributed by atoms with Gasteiger partial charge in [0.25, 0.3) is 0 Å². The van der Waals surface area contributed by atoms with Gasteiger partial charge in [0.05, 0.1) is 5.39 Å². The zero-order valence-electron chi connectivity index (χ0n) is 14.9. The summed E-state index contributed by atoms with van der Waals surface area (Å²) in [5.74, 6) is 0.810. The van der Waals surface area contributed by atoms with Crippen LogP contribution in [0.2, 0.25) is 0 Å². The Bertz CT molecular complexity index is 773. The first-order valence-corrected chi connectivity index (χ1v) is 9.40. The van der Waals surface area contributed by atoms with Crippen LogP contribution >= 0.6 is 0 Å². The van der Waals surface area contributed by atoms with Crippen LogP contribution in [0.25, 0.3) is 11.0 Å². The lowest BCUT2D eigenvalue weighted by molar-refractivity contribution is 0.460. The maximum atomic E-state index is 12.3. The van der Waals surface area contributed by atoms with Crippen LogP contribution in [-0.4, -0.2) is 5.11 Å². The highest BCUT2D eigenvalue weighted by atomic mass is 16.4. The molecular weight excluding hydrogens is 300 g/mol. The molecule has 1 aromatic heterocycles. The van der Waals surface area contributed by atoms with E-state index in [0.717, 1.165) is 54.2 Å². The third-order valence-electron chi connectivity index (χ3n) is 5.26. The molecule has 3 rings (SSSR count). The van der Waals surface area contributed by atoms with Gasteiger partial charge in [0.15, 0.2) is 0 Å². The Morgan fingerprint density at radius 2 is 1.96 bits per heavy atom. The summed E-state index contributed by atoms with van der Waals surface area (Å²) in [6.07, 6.45) is 9.64. The van der Waals surface area contributed by atoms with Crippen molar-refractivity contribution in [3.8, 4) is 5.75 Å². The van der Waals surface area contributed by atoms with Gasteiger partial charge in [-0.1, -0.05) is 39.5 Å². The van der Waals surface area contributed by atoms with Gasteiger partial charge in [0.2, 0.25) is 0 Å². The summed E-state index contributed by atoms with van der Waals surface area (Å²) in [7, 11) is 0. The minimum atomic E-state index is -0.219. The van der Waals surface area contributed by atoms with Gasteiger partial charge >= 0.3 is 5.63 Å². The first kappa shape index (κ1) is 17.1. The number of aromatic hydroxyl groups is 1. The first-order chi connectivity index (χ1) is 11.6. The maximum Gasteiger partial charge on any atom is 0.339 e. The molecule has 1 N–H and O–H groups in total. The molecule has 0 aliphatic heterocycles. The largest absolute Gasteiger partial charge is 0.507 e. The molecule has 130 valence electrons. The van der Waals surface area contributed by atoms with Crippen molar-refractivity contribution in [1.82, 2.24) is 0 Å². The molecule has 24 heavy (non-hydrogen) atoms. The first-order valence-electron chi connectivity index (χ1n) is 9.40. The molecular formula is C21H28O3. The highest BCUT2D eigenvalue weighted by Gasteiger charge is 2.23. The third-order valence-corrected chi connectivity index (χ3v) is 5.26.